The highest BCUT2D eigenvalue weighted by molar-refractivity contribution is 6.36. The van der Waals surface area contributed by atoms with Gasteiger partial charge in [-0.2, -0.15) is 0 Å². The number of methoxy groups -OCH3 is 1. The average Bonchev–Trinajstić information content (AvgIpc) is 3.42. The van der Waals surface area contributed by atoms with Crippen molar-refractivity contribution >= 4 is 53.1 Å². The Morgan fingerprint density at radius 3 is 2.33 bits per heavy atom. The number of rotatable bonds is 10. The third-order valence-corrected chi connectivity index (χ3v) is 7.49. The third kappa shape index (κ3) is 7.85. The molecule has 0 atom stereocenters. The Morgan fingerprint density at radius 2 is 1.67 bits per heavy atom. The minimum Gasteiger partial charge on any atom is -0.495 e. The Labute approximate surface area is 276 Å². The molecule has 0 saturated carbocycles. The number of carboxylic acids is 1. The minimum atomic E-state index is -0.976. The van der Waals surface area contributed by atoms with Crippen LogP contribution in [-0.4, -0.2) is 33.8 Å². The molecule has 0 radical (unpaired) electrons. The van der Waals surface area contributed by atoms with Crippen LogP contribution in [0.3, 0.4) is 0 Å². The van der Waals surface area contributed by atoms with Gasteiger partial charge in [0.25, 0.3) is 0 Å². The molecule has 0 aliphatic rings. The van der Waals surface area contributed by atoms with Crippen molar-refractivity contribution in [1.29, 1.82) is 0 Å². The maximum absolute atomic E-state index is 12.2. The zero-order valence-corrected chi connectivity index (χ0v) is 26.5. The average molecular weight is 655 g/mol. The normalized spacial score (nSPS) is 11.0. The van der Waals surface area contributed by atoms with Crippen molar-refractivity contribution in [3.8, 4) is 28.1 Å². The smallest absolute Gasteiger partial charge is 0.416 e. The number of anilines is 1. The third-order valence-electron chi connectivity index (χ3n) is 6.94. The van der Waals surface area contributed by atoms with Gasteiger partial charge in [-0.15, -0.1) is 0 Å². The zero-order chi connectivity index (χ0) is 32.8. The Balaban J connectivity index is 1.41. The van der Waals surface area contributed by atoms with E-state index in [0.717, 1.165) is 27.8 Å². The summed E-state index contributed by atoms with van der Waals surface area (Å²) in [6.45, 7) is 5.64. The summed E-state index contributed by atoms with van der Waals surface area (Å²) in [6.07, 6.45) is 5.12. The number of carbonyl (C=O) groups is 2. The van der Waals surface area contributed by atoms with Crippen molar-refractivity contribution in [1.82, 2.24) is 9.55 Å². The fraction of sp³-hybridized carbons (Fsp3) is 0.0833. The lowest BCUT2D eigenvalue weighted by molar-refractivity contribution is 0.0696. The molecule has 232 valence electrons. The van der Waals surface area contributed by atoms with Crippen molar-refractivity contribution in [2.75, 3.05) is 12.4 Å². The van der Waals surface area contributed by atoms with Crippen LogP contribution in [-0.2, 0) is 11.3 Å². The van der Waals surface area contributed by atoms with Crippen LogP contribution in [0.2, 0.25) is 10.0 Å². The van der Waals surface area contributed by atoms with E-state index in [1.807, 2.05) is 65.4 Å². The first-order valence-electron chi connectivity index (χ1n) is 14.1. The number of aromatic nitrogens is 2. The van der Waals surface area contributed by atoms with Gasteiger partial charge in [0.2, 0.25) is 0 Å². The van der Waals surface area contributed by atoms with Crippen molar-refractivity contribution in [3.05, 3.63) is 136 Å². The molecule has 5 aromatic rings. The number of carbonyl (C=O) groups excluding carboxylic acids is 1. The summed E-state index contributed by atoms with van der Waals surface area (Å²) in [5.41, 5.74) is 5.76. The lowest BCUT2D eigenvalue weighted by Crippen LogP contribution is -2.13. The van der Waals surface area contributed by atoms with Gasteiger partial charge in [0.05, 0.1) is 34.8 Å². The van der Waals surface area contributed by atoms with Crippen LogP contribution in [0, 0.1) is 0 Å². The summed E-state index contributed by atoms with van der Waals surface area (Å²) >= 11 is 12.6. The number of amides is 1. The molecule has 1 aromatic heterocycles. The molecule has 0 unspecified atom stereocenters. The Bertz CT molecular complexity index is 1950. The molecule has 0 fully saturated rings. The molecule has 46 heavy (non-hydrogen) atoms. The second-order valence-corrected chi connectivity index (χ2v) is 11.2. The largest absolute Gasteiger partial charge is 0.495 e. The van der Waals surface area contributed by atoms with Crippen LogP contribution in [0.25, 0.3) is 34.5 Å². The van der Waals surface area contributed by atoms with Gasteiger partial charge < -0.3 is 19.1 Å². The van der Waals surface area contributed by atoms with Crippen LogP contribution >= 0.6 is 23.2 Å². The van der Waals surface area contributed by atoms with E-state index in [-0.39, 0.29) is 11.3 Å². The number of imidazole rings is 1. The first-order chi connectivity index (χ1) is 22.1. The topological polar surface area (TPSA) is 103 Å². The SMILES string of the molecule is C=C(C)OC(=O)Nc1cc(-c2ccc(/C=C/c3nc(-c4ccc(Cl)cc4Cl)cn3Cc3ccc(C(=O)O)cc3)cc2)ccc1OC. The Hall–Kier alpha value is -5.31. The second kappa shape index (κ2) is 14.2. The van der Waals surface area contributed by atoms with E-state index in [0.29, 0.717) is 39.5 Å². The summed E-state index contributed by atoms with van der Waals surface area (Å²) in [7, 11) is 1.53. The van der Waals surface area contributed by atoms with Crippen molar-refractivity contribution < 1.29 is 24.2 Å². The summed E-state index contributed by atoms with van der Waals surface area (Å²) in [4.78, 5) is 28.3. The predicted octanol–water partition coefficient (Wildman–Crippen LogP) is 9.53. The highest BCUT2D eigenvalue weighted by Gasteiger charge is 2.14. The van der Waals surface area contributed by atoms with Crippen molar-refractivity contribution in [3.63, 3.8) is 0 Å². The van der Waals surface area contributed by atoms with Gasteiger partial charge in [-0.1, -0.05) is 78.3 Å². The molecule has 1 amide bonds. The van der Waals surface area contributed by atoms with E-state index in [1.165, 1.54) is 7.11 Å². The summed E-state index contributed by atoms with van der Waals surface area (Å²) in [5, 5.41) is 13.0. The first-order valence-corrected chi connectivity index (χ1v) is 14.8. The van der Waals surface area contributed by atoms with E-state index >= 15 is 0 Å². The quantitative estimate of drug-likeness (QED) is 0.146. The van der Waals surface area contributed by atoms with E-state index < -0.39 is 12.1 Å². The molecule has 0 spiro atoms. The Morgan fingerprint density at radius 1 is 0.957 bits per heavy atom. The van der Waals surface area contributed by atoms with Gasteiger partial charge >= 0.3 is 12.1 Å². The monoisotopic (exact) mass is 653 g/mol. The van der Waals surface area contributed by atoms with Gasteiger partial charge in [0, 0.05) is 23.3 Å². The molecule has 0 bridgehead atoms. The number of allylic oxidation sites excluding steroid dienone is 1. The first kappa shape index (κ1) is 32.1. The molecule has 0 saturated heterocycles. The number of halogens is 2. The summed E-state index contributed by atoms with van der Waals surface area (Å²) < 4.78 is 12.4. The second-order valence-electron chi connectivity index (χ2n) is 10.3. The van der Waals surface area contributed by atoms with Gasteiger partial charge in [0.1, 0.15) is 11.6 Å². The zero-order valence-electron chi connectivity index (χ0n) is 25.0. The minimum absolute atomic E-state index is 0.221. The molecule has 10 heteroatoms. The highest BCUT2D eigenvalue weighted by atomic mass is 35.5. The molecular weight excluding hydrogens is 625 g/mol. The molecule has 4 aromatic carbocycles. The van der Waals surface area contributed by atoms with Crippen LogP contribution in [0.4, 0.5) is 10.5 Å². The van der Waals surface area contributed by atoms with E-state index in [1.54, 1.807) is 49.4 Å². The van der Waals surface area contributed by atoms with Gasteiger partial charge in [-0.25, -0.2) is 14.6 Å². The number of nitrogens with one attached hydrogen (secondary N) is 1. The Kier molecular flexibility index (Phi) is 9.91. The molecule has 5 rings (SSSR count). The number of nitrogens with zero attached hydrogens (tertiary/aromatic N) is 2. The number of hydrogen-bond donors (Lipinski definition) is 2. The van der Waals surface area contributed by atoms with Crippen molar-refractivity contribution in [2.24, 2.45) is 0 Å². The van der Waals surface area contributed by atoms with Crippen LogP contribution in [0.5, 0.6) is 5.75 Å². The van der Waals surface area contributed by atoms with E-state index in [9.17, 15) is 14.7 Å². The number of benzene rings is 4. The molecule has 0 aliphatic heterocycles. The summed E-state index contributed by atoms with van der Waals surface area (Å²) in [5.74, 6) is 0.475. The number of aromatic carboxylic acids is 1. The predicted molar refractivity (Wildman–Crippen MR) is 182 cm³/mol. The number of carboxylic acid groups (broad SMARTS) is 1. The lowest BCUT2D eigenvalue weighted by atomic mass is 10.0. The van der Waals surface area contributed by atoms with Crippen LogP contribution in [0.15, 0.2) is 103 Å². The fourth-order valence-corrected chi connectivity index (χ4v) is 5.21. The maximum atomic E-state index is 12.2. The standard InChI is InChI=1S/C36H29Cl2N3O5/c1-22(2)46-36(44)40-31-18-27(13-16-33(31)45-3)25-9-4-23(5-10-25)8-17-34-39-32(29-15-14-28(37)19-30(29)38)21-41(34)20-24-6-11-26(12-7-24)35(42)43/h4-19,21H,1,20H2,2-3H3,(H,40,44)(H,42,43)/b17-8+. The molecule has 2 N–H and O–H groups in total. The van der Waals surface area contributed by atoms with E-state index in [2.05, 4.69) is 11.9 Å². The van der Waals surface area contributed by atoms with Gasteiger partial charge in [0.15, 0.2) is 0 Å². The maximum Gasteiger partial charge on any atom is 0.416 e. The van der Waals surface area contributed by atoms with Gasteiger partial charge in [-0.3, -0.25) is 5.32 Å². The van der Waals surface area contributed by atoms with Gasteiger partial charge in [-0.05, 0) is 77.7 Å². The molecule has 1 heterocycles. The van der Waals surface area contributed by atoms with E-state index in [4.69, 9.17) is 37.7 Å². The molecule has 8 nitrogen and oxygen atoms in total. The van der Waals surface area contributed by atoms with Crippen molar-refractivity contribution in [2.45, 2.75) is 13.5 Å². The number of hydrogen-bond acceptors (Lipinski definition) is 5. The molecule has 0 aliphatic carbocycles. The summed E-state index contributed by atoms with van der Waals surface area (Å²) in [6, 6.07) is 25.4. The highest BCUT2D eigenvalue weighted by Crippen LogP contribution is 2.32. The lowest BCUT2D eigenvalue weighted by Gasteiger charge is -2.12. The van der Waals surface area contributed by atoms with Crippen LogP contribution < -0.4 is 10.1 Å². The molecular formula is C36H29Cl2N3O5. The number of ether oxygens (including phenoxy) is 2. The van der Waals surface area contributed by atoms with Crippen LogP contribution in [0.1, 0.15) is 34.2 Å². The fourth-order valence-electron chi connectivity index (χ4n) is 4.70.